The zero-order chi connectivity index (χ0) is 25.0. The van der Waals surface area contributed by atoms with Crippen molar-refractivity contribution >= 4 is 35.8 Å². The van der Waals surface area contributed by atoms with Crippen LogP contribution in [-0.4, -0.2) is 31.4 Å². The standard InChI is InChI=1S/C29H39ClN2O2S/c1-22(21-35)9-5-3-2-4-7-16-32-17-15-23-11-13-26(30)19-24(23)10-6-8-18-34-28-14-12-25(29(31)33)20-27(28)32/h3,5,11-14,19-20,22,35H,2,4,6-10,15-18,21H2,1H3,(H2,31,33)/b5-3+/t22-/m0/s1. The first-order valence-electron chi connectivity index (χ1n) is 12.8. The topological polar surface area (TPSA) is 55.6 Å². The molecule has 1 amide bonds. The Kier molecular flexibility index (Phi) is 11.3. The fourth-order valence-electron chi connectivity index (χ4n) is 4.40. The van der Waals surface area contributed by atoms with Gasteiger partial charge in [-0.05, 0) is 104 Å². The SMILES string of the molecule is C[C@H](CS)C/C=C/CCCCN1CCc2ccc(Cl)cc2CCCCOc2ccc(C(N)=O)cc21. The summed E-state index contributed by atoms with van der Waals surface area (Å²) < 4.78 is 6.19. The minimum absolute atomic E-state index is 0.417. The molecular formula is C29H39ClN2O2S. The Morgan fingerprint density at radius 3 is 2.80 bits per heavy atom. The Balaban J connectivity index is 1.77. The van der Waals surface area contributed by atoms with Crippen molar-refractivity contribution in [3.8, 4) is 5.75 Å². The largest absolute Gasteiger partial charge is 0.491 e. The Morgan fingerprint density at radius 1 is 1.14 bits per heavy atom. The summed E-state index contributed by atoms with van der Waals surface area (Å²) in [6, 6.07) is 11.8. The van der Waals surface area contributed by atoms with Gasteiger partial charge < -0.3 is 15.4 Å². The van der Waals surface area contributed by atoms with Gasteiger partial charge in [0.05, 0.1) is 12.3 Å². The number of carbonyl (C=O) groups is 1. The van der Waals surface area contributed by atoms with Gasteiger partial charge in [-0.2, -0.15) is 12.6 Å². The number of carbonyl (C=O) groups excluding carboxylic acids is 1. The maximum Gasteiger partial charge on any atom is 0.248 e. The molecule has 0 spiro atoms. The van der Waals surface area contributed by atoms with E-state index < -0.39 is 5.91 Å². The molecule has 0 bridgehead atoms. The van der Waals surface area contributed by atoms with Crippen LogP contribution in [0.15, 0.2) is 48.6 Å². The molecule has 3 rings (SSSR count). The first-order chi connectivity index (χ1) is 17.0. The molecule has 1 aliphatic heterocycles. The molecule has 0 unspecified atom stereocenters. The summed E-state index contributed by atoms with van der Waals surface area (Å²) >= 11 is 10.7. The van der Waals surface area contributed by atoms with Crippen molar-refractivity contribution in [2.45, 2.75) is 58.3 Å². The number of rotatable bonds is 9. The summed E-state index contributed by atoms with van der Waals surface area (Å²) in [5, 5.41) is 0.789. The van der Waals surface area contributed by atoms with E-state index in [1.54, 1.807) is 6.07 Å². The molecule has 0 aliphatic carbocycles. The van der Waals surface area contributed by atoms with Crippen LogP contribution in [0.25, 0.3) is 0 Å². The zero-order valence-electron chi connectivity index (χ0n) is 20.8. The molecule has 0 fully saturated rings. The number of primary amides is 1. The third kappa shape index (κ3) is 8.80. The number of aryl methyl sites for hydroxylation is 1. The second-order valence-electron chi connectivity index (χ2n) is 9.49. The van der Waals surface area contributed by atoms with E-state index in [-0.39, 0.29) is 0 Å². The monoisotopic (exact) mass is 514 g/mol. The Morgan fingerprint density at radius 2 is 2.00 bits per heavy atom. The Labute approximate surface area is 221 Å². The van der Waals surface area contributed by atoms with E-state index in [2.05, 4.69) is 48.7 Å². The van der Waals surface area contributed by atoms with Gasteiger partial charge in [-0.1, -0.05) is 36.7 Å². The van der Waals surface area contributed by atoms with Gasteiger partial charge in [0.15, 0.2) is 0 Å². The van der Waals surface area contributed by atoms with Crippen LogP contribution in [0.1, 0.15) is 66.9 Å². The van der Waals surface area contributed by atoms with Crippen molar-refractivity contribution in [3.63, 3.8) is 0 Å². The maximum atomic E-state index is 11.9. The molecule has 6 heteroatoms. The van der Waals surface area contributed by atoms with Gasteiger partial charge in [0.25, 0.3) is 0 Å². The molecule has 2 aromatic carbocycles. The van der Waals surface area contributed by atoms with Crippen LogP contribution >= 0.6 is 24.2 Å². The molecule has 4 nitrogen and oxygen atoms in total. The lowest BCUT2D eigenvalue weighted by Crippen LogP contribution is -2.28. The number of ether oxygens (including phenoxy) is 1. The van der Waals surface area contributed by atoms with Crippen LogP contribution in [-0.2, 0) is 12.8 Å². The molecular weight excluding hydrogens is 476 g/mol. The van der Waals surface area contributed by atoms with Gasteiger partial charge in [-0.3, -0.25) is 4.79 Å². The number of halogens is 1. The van der Waals surface area contributed by atoms with Crippen LogP contribution in [0.2, 0.25) is 5.02 Å². The lowest BCUT2D eigenvalue weighted by atomic mass is 9.99. The summed E-state index contributed by atoms with van der Waals surface area (Å²) in [5.41, 5.74) is 9.75. The van der Waals surface area contributed by atoms with Gasteiger partial charge >= 0.3 is 0 Å². The number of hydrogen-bond acceptors (Lipinski definition) is 4. The number of nitrogens with zero attached hydrogens (tertiary/aromatic N) is 1. The number of fused-ring (bicyclic) bond motifs is 2. The van der Waals surface area contributed by atoms with Crippen molar-refractivity contribution in [2.24, 2.45) is 11.7 Å². The smallest absolute Gasteiger partial charge is 0.248 e. The molecule has 0 saturated heterocycles. The van der Waals surface area contributed by atoms with E-state index in [0.29, 0.717) is 18.1 Å². The summed E-state index contributed by atoms with van der Waals surface area (Å²) in [6.45, 7) is 4.59. The van der Waals surface area contributed by atoms with E-state index >= 15 is 0 Å². The molecule has 0 aromatic heterocycles. The van der Waals surface area contributed by atoms with Gasteiger partial charge in [0.2, 0.25) is 5.91 Å². The van der Waals surface area contributed by atoms with E-state index in [0.717, 1.165) is 86.7 Å². The third-order valence-corrected chi connectivity index (χ3v) is 7.43. The van der Waals surface area contributed by atoms with E-state index in [1.807, 2.05) is 18.2 Å². The highest BCUT2D eigenvalue weighted by Gasteiger charge is 2.17. The summed E-state index contributed by atoms with van der Waals surface area (Å²) in [5.74, 6) is 1.95. The van der Waals surface area contributed by atoms with Gasteiger partial charge in [0, 0.05) is 23.7 Å². The van der Waals surface area contributed by atoms with Crippen molar-refractivity contribution in [1.29, 1.82) is 0 Å². The van der Waals surface area contributed by atoms with Crippen molar-refractivity contribution in [1.82, 2.24) is 0 Å². The van der Waals surface area contributed by atoms with E-state index in [4.69, 9.17) is 22.1 Å². The first-order valence-corrected chi connectivity index (χ1v) is 13.8. The fraction of sp³-hybridized carbons (Fsp3) is 0.483. The van der Waals surface area contributed by atoms with Crippen molar-refractivity contribution in [2.75, 3.05) is 30.3 Å². The Hall–Kier alpha value is -2.11. The zero-order valence-corrected chi connectivity index (χ0v) is 22.5. The van der Waals surface area contributed by atoms with E-state index in [9.17, 15) is 4.79 Å². The molecule has 1 aliphatic rings. The minimum Gasteiger partial charge on any atom is -0.491 e. The van der Waals surface area contributed by atoms with Crippen LogP contribution < -0.4 is 15.4 Å². The van der Waals surface area contributed by atoms with Gasteiger partial charge in [0.1, 0.15) is 5.75 Å². The van der Waals surface area contributed by atoms with Gasteiger partial charge in [-0.15, -0.1) is 0 Å². The number of allylic oxidation sites excluding steroid dienone is 2. The first kappa shape index (κ1) is 27.5. The molecule has 190 valence electrons. The number of benzene rings is 2. The second-order valence-corrected chi connectivity index (χ2v) is 10.3. The van der Waals surface area contributed by atoms with Crippen molar-refractivity contribution < 1.29 is 9.53 Å². The molecule has 1 atom stereocenters. The molecule has 2 N–H and O–H groups in total. The fourth-order valence-corrected chi connectivity index (χ4v) is 4.75. The molecule has 35 heavy (non-hydrogen) atoms. The van der Waals surface area contributed by atoms with Crippen molar-refractivity contribution in [3.05, 3.63) is 70.3 Å². The normalized spacial score (nSPS) is 15.5. The van der Waals surface area contributed by atoms with Gasteiger partial charge in [-0.25, -0.2) is 0 Å². The summed E-state index contributed by atoms with van der Waals surface area (Å²) in [6.07, 6.45) is 12.8. The number of amides is 1. The molecule has 0 saturated carbocycles. The highest BCUT2D eigenvalue weighted by atomic mass is 35.5. The number of hydrogen-bond donors (Lipinski definition) is 2. The van der Waals surface area contributed by atoms with Crippen LogP contribution in [0, 0.1) is 5.92 Å². The van der Waals surface area contributed by atoms with Crippen LogP contribution in [0.4, 0.5) is 5.69 Å². The number of thiol groups is 1. The molecule has 2 aromatic rings. The lowest BCUT2D eigenvalue weighted by Gasteiger charge is -2.28. The third-order valence-electron chi connectivity index (χ3n) is 6.57. The predicted molar refractivity (Wildman–Crippen MR) is 151 cm³/mol. The predicted octanol–water partition coefficient (Wildman–Crippen LogP) is 6.89. The molecule has 1 heterocycles. The summed E-state index contributed by atoms with van der Waals surface area (Å²) in [7, 11) is 0. The summed E-state index contributed by atoms with van der Waals surface area (Å²) in [4.78, 5) is 14.3. The average Bonchev–Trinajstić information content (AvgIpc) is 2.85. The number of anilines is 1. The lowest BCUT2D eigenvalue weighted by molar-refractivity contribution is 0.100. The quantitative estimate of drug-likeness (QED) is 0.218. The minimum atomic E-state index is -0.417. The average molecular weight is 515 g/mol. The van der Waals surface area contributed by atoms with E-state index in [1.165, 1.54) is 11.1 Å². The maximum absolute atomic E-state index is 11.9. The Bertz CT molecular complexity index is 995. The van der Waals surface area contributed by atoms with Crippen LogP contribution in [0.3, 0.4) is 0 Å². The second kappa shape index (κ2) is 14.4. The number of unbranched alkanes of at least 4 members (excludes halogenated alkanes) is 2. The molecule has 0 radical (unpaired) electrons. The van der Waals surface area contributed by atoms with Crippen LogP contribution in [0.5, 0.6) is 5.75 Å². The highest BCUT2D eigenvalue weighted by Crippen LogP contribution is 2.32. The highest BCUT2D eigenvalue weighted by molar-refractivity contribution is 7.80. The number of nitrogens with two attached hydrogens (primary N) is 1.